The zero-order valence-corrected chi connectivity index (χ0v) is 15.4. The second-order valence-corrected chi connectivity index (χ2v) is 7.06. The topological polar surface area (TPSA) is 30.7 Å². The first-order valence-corrected chi connectivity index (χ1v) is 9.17. The molecule has 0 saturated carbocycles. The molecule has 3 aromatic heterocycles. The van der Waals surface area contributed by atoms with Gasteiger partial charge < -0.3 is 0 Å². The summed E-state index contributed by atoms with van der Waals surface area (Å²) < 4.78 is 3.16. The lowest BCUT2D eigenvalue weighted by Gasteiger charge is -2.08. The monoisotopic (exact) mass is 399 g/mol. The molecule has 5 aromatic rings. The number of halogens is 1. The Bertz CT molecular complexity index is 1240. The van der Waals surface area contributed by atoms with Crippen LogP contribution in [0.1, 0.15) is 0 Å². The van der Waals surface area contributed by atoms with Gasteiger partial charge in [-0.3, -0.25) is 4.57 Å². The van der Waals surface area contributed by atoms with Crippen LogP contribution in [-0.4, -0.2) is 14.5 Å². The zero-order valence-electron chi connectivity index (χ0n) is 13.8. The van der Waals surface area contributed by atoms with Crippen LogP contribution in [0.25, 0.3) is 38.9 Å². The molecule has 0 aliphatic rings. The van der Waals surface area contributed by atoms with Gasteiger partial charge in [0.05, 0.1) is 5.52 Å². The van der Waals surface area contributed by atoms with Gasteiger partial charge in [-0.15, -0.1) is 0 Å². The zero-order chi connectivity index (χ0) is 17.5. The molecule has 0 atom stereocenters. The molecule has 5 rings (SSSR count). The number of rotatable bonds is 2. The molecule has 0 bridgehead atoms. The maximum atomic E-state index is 4.64. The fourth-order valence-corrected chi connectivity index (χ4v) is 3.75. The summed E-state index contributed by atoms with van der Waals surface area (Å²) in [6.07, 6.45) is 3.68. The number of benzene rings is 2. The third kappa shape index (κ3) is 2.42. The molecule has 124 valence electrons. The van der Waals surface area contributed by atoms with E-state index in [2.05, 4.69) is 85.1 Å². The van der Waals surface area contributed by atoms with E-state index in [1.807, 2.05) is 30.6 Å². The molecule has 0 aliphatic heterocycles. The van der Waals surface area contributed by atoms with Gasteiger partial charge in [0.25, 0.3) is 0 Å². The van der Waals surface area contributed by atoms with Crippen LogP contribution in [0.2, 0.25) is 0 Å². The molecule has 4 heteroatoms. The molecular formula is C22H14BrN3. The first kappa shape index (κ1) is 15.3. The van der Waals surface area contributed by atoms with Crippen molar-refractivity contribution in [3.63, 3.8) is 0 Å². The normalized spacial score (nSPS) is 11.3. The SMILES string of the molecule is Brc1ccc2c3cccnc3n(-c3cc(-c4ccccc4)ccn3)c2c1. The first-order chi connectivity index (χ1) is 12.8. The minimum absolute atomic E-state index is 0.864. The largest absolute Gasteiger partial charge is 0.278 e. The molecule has 3 nitrogen and oxygen atoms in total. The number of hydrogen-bond acceptors (Lipinski definition) is 2. The van der Waals surface area contributed by atoms with E-state index in [4.69, 9.17) is 0 Å². The molecule has 0 aliphatic carbocycles. The highest BCUT2D eigenvalue weighted by atomic mass is 79.9. The van der Waals surface area contributed by atoms with Gasteiger partial charge >= 0.3 is 0 Å². The van der Waals surface area contributed by atoms with Gasteiger partial charge in [0, 0.05) is 27.6 Å². The van der Waals surface area contributed by atoms with Crippen LogP contribution in [0, 0.1) is 0 Å². The predicted octanol–water partition coefficient (Wildman–Crippen LogP) is 6.00. The molecular weight excluding hydrogens is 386 g/mol. The van der Waals surface area contributed by atoms with E-state index in [0.717, 1.165) is 32.4 Å². The summed E-state index contributed by atoms with van der Waals surface area (Å²) in [6, 6.07) is 24.9. The highest BCUT2D eigenvalue weighted by Crippen LogP contribution is 2.32. The Hall–Kier alpha value is -2.98. The number of aromatic nitrogens is 3. The molecule has 0 fully saturated rings. The third-order valence-electron chi connectivity index (χ3n) is 4.57. The van der Waals surface area contributed by atoms with Gasteiger partial charge in [-0.1, -0.05) is 52.3 Å². The number of fused-ring (bicyclic) bond motifs is 3. The van der Waals surface area contributed by atoms with Gasteiger partial charge in [-0.25, -0.2) is 9.97 Å². The highest BCUT2D eigenvalue weighted by Gasteiger charge is 2.14. The van der Waals surface area contributed by atoms with Crippen molar-refractivity contribution in [2.24, 2.45) is 0 Å². The molecule has 0 amide bonds. The Morgan fingerprint density at radius 2 is 1.58 bits per heavy atom. The maximum Gasteiger partial charge on any atom is 0.146 e. The summed E-state index contributed by atoms with van der Waals surface area (Å²) in [5, 5.41) is 2.30. The van der Waals surface area contributed by atoms with E-state index in [0.29, 0.717) is 0 Å². The van der Waals surface area contributed by atoms with Crippen molar-refractivity contribution < 1.29 is 0 Å². The predicted molar refractivity (Wildman–Crippen MR) is 110 cm³/mol. The van der Waals surface area contributed by atoms with Crippen LogP contribution in [0.3, 0.4) is 0 Å². The van der Waals surface area contributed by atoms with Crippen molar-refractivity contribution in [3.8, 4) is 16.9 Å². The number of pyridine rings is 2. The Labute approximate surface area is 159 Å². The van der Waals surface area contributed by atoms with Gasteiger partial charge in [0.1, 0.15) is 11.5 Å². The molecule has 2 aromatic carbocycles. The quantitative estimate of drug-likeness (QED) is 0.364. The summed E-state index contributed by atoms with van der Waals surface area (Å²) >= 11 is 3.59. The van der Waals surface area contributed by atoms with Crippen molar-refractivity contribution in [2.45, 2.75) is 0 Å². The van der Waals surface area contributed by atoms with Crippen LogP contribution in [0.15, 0.2) is 89.7 Å². The highest BCUT2D eigenvalue weighted by molar-refractivity contribution is 9.10. The Morgan fingerprint density at radius 1 is 0.692 bits per heavy atom. The molecule has 0 saturated heterocycles. The average molecular weight is 400 g/mol. The molecule has 0 unspecified atom stereocenters. The molecule has 0 radical (unpaired) electrons. The van der Waals surface area contributed by atoms with Crippen molar-refractivity contribution in [2.75, 3.05) is 0 Å². The second kappa shape index (κ2) is 6.07. The minimum atomic E-state index is 0.864. The van der Waals surface area contributed by atoms with E-state index in [-0.39, 0.29) is 0 Å². The van der Waals surface area contributed by atoms with Crippen LogP contribution in [0.4, 0.5) is 0 Å². The van der Waals surface area contributed by atoms with Crippen LogP contribution in [0.5, 0.6) is 0 Å². The lowest BCUT2D eigenvalue weighted by atomic mass is 10.1. The fraction of sp³-hybridized carbons (Fsp3) is 0. The van der Waals surface area contributed by atoms with Crippen molar-refractivity contribution in [1.82, 2.24) is 14.5 Å². The van der Waals surface area contributed by atoms with Gasteiger partial charge in [-0.05, 0) is 47.5 Å². The van der Waals surface area contributed by atoms with Gasteiger partial charge in [0.2, 0.25) is 0 Å². The average Bonchev–Trinajstić information content (AvgIpc) is 3.02. The van der Waals surface area contributed by atoms with E-state index >= 15 is 0 Å². The van der Waals surface area contributed by atoms with E-state index in [1.54, 1.807) is 0 Å². The van der Waals surface area contributed by atoms with Crippen LogP contribution in [-0.2, 0) is 0 Å². The number of nitrogens with zero attached hydrogens (tertiary/aromatic N) is 3. The Balaban J connectivity index is 1.83. The van der Waals surface area contributed by atoms with E-state index in [1.165, 1.54) is 10.9 Å². The van der Waals surface area contributed by atoms with Gasteiger partial charge in [0.15, 0.2) is 0 Å². The molecule has 26 heavy (non-hydrogen) atoms. The Kier molecular flexibility index (Phi) is 3.57. The van der Waals surface area contributed by atoms with Crippen molar-refractivity contribution in [1.29, 1.82) is 0 Å². The molecule has 0 N–H and O–H groups in total. The summed E-state index contributed by atoms with van der Waals surface area (Å²) in [5.41, 5.74) is 4.31. The Morgan fingerprint density at radius 3 is 2.46 bits per heavy atom. The fourth-order valence-electron chi connectivity index (χ4n) is 3.40. The number of hydrogen-bond donors (Lipinski definition) is 0. The first-order valence-electron chi connectivity index (χ1n) is 8.38. The van der Waals surface area contributed by atoms with E-state index < -0.39 is 0 Å². The van der Waals surface area contributed by atoms with Crippen LogP contribution >= 0.6 is 15.9 Å². The third-order valence-corrected chi connectivity index (χ3v) is 5.06. The molecule has 0 spiro atoms. The smallest absolute Gasteiger partial charge is 0.146 e. The minimum Gasteiger partial charge on any atom is -0.278 e. The maximum absolute atomic E-state index is 4.64. The summed E-state index contributed by atoms with van der Waals surface area (Å²) in [7, 11) is 0. The van der Waals surface area contributed by atoms with Crippen LogP contribution < -0.4 is 0 Å². The lowest BCUT2D eigenvalue weighted by Crippen LogP contribution is -1.98. The van der Waals surface area contributed by atoms with Gasteiger partial charge in [-0.2, -0.15) is 0 Å². The summed E-state index contributed by atoms with van der Waals surface area (Å²) in [4.78, 5) is 9.28. The van der Waals surface area contributed by atoms with E-state index in [9.17, 15) is 0 Å². The molecule has 3 heterocycles. The second-order valence-electron chi connectivity index (χ2n) is 6.14. The lowest BCUT2D eigenvalue weighted by molar-refractivity contribution is 1.06. The van der Waals surface area contributed by atoms with Crippen molar-refractivity contribution >= 4 is 37.9 Å². The summed E-state index contributed by atoms with van der Waals surface area (Å²) in [5.74, 6) is 0.864. The van der Waals surface area contributed by atoms with Crippen molar-refractivity contribution in [3.05, 3.63) is 89.7 Å². The standard InChI is InChI=1S/C22H14BrN3/c23-17-8-9-18-19-7-4-11-25-22(19)26(20(18)14-17)21-13-16(10-12-24-21)15-5-2-1-3-6-15/h1-14H. The summed E-state index contributed by atoms with van der Waals surface area (Å²) in [6.45, 7) is 0.